The van der Waals surface area contributed by atoms with E-state index in [1.807, 2.05) is 77.1 Å². The molecular formula is C32H39NO6. The molecule has 0 aromatic heterocycles. The number of benzene rings is 2. The van der Waals surface area contributed by atoms with Crippen molar-refractivity contribution in [3.8, 4) is 17.2 Å². The monoisotopic (exact) mass is 533 g/mol. The van der Waals surface area contributed by atoms with Gasteiger partial charge in [0.25, 0.3) is 0 Å². The summed E-state index contributed by atoms with van der Waals surface area (Å²) in [4.78, 5) is 32.5. The van der Waals surface area contributed by atoms with Crippen molar-refractivity contribution in [2.75, 3.05) is 14.2 Å². The van der Waals surface area contributed by atoms with E-state index in [2.05, 4.69) is 0 Å². The first-order valence-corrected chi connectivity index (χ1v) is 13.7. The molecule has 4 rings (SSSR count). The van der Waals surface area contributed by atoms with E-state index in [0.29, 0.717) is 47.8 Å². The number of carbonyl (C=O) groups is 2. The van der Waals surface area contributed by atoms with Crippen molar-refractivity contribution in [3.63, 3.8) is 0 Å². The van der Waals surface area contributed by atoms with E-state index in [0.717, 1.165) is 16.8 Å². The molecule has 1 unspecified atom stereocenters. The van der Waals surface area contributed by atoms with Crippen LogP contribution in [0.3, 0.4) is 0 Å². The van der Waals surface area contributed by atoms with E-state index in [4.69, 9.17) is 23.9 Å². The largest absolute Gasteiger partial charge is 0.493 e. The second-order valence-electron chi connectivity index (χ2n) is 10.6. The third-order valence-electron chi connectivity index (χ3n) is 7.53. The van der Waals surface area contributed by atoms with Gasteiger partial charge in [0.1, 0.15) is 11.7 Å². The lowest BCUT2D eigenvalue weighted by Crippen LogP contribution is -2.39. The molecule has 2 aromatic carbocycles. The van der Waals surface area contributed by atoms with E-state index in [-0.39, 0.29) is 29.9 Å². The zero-order valence-corrected chi connectivity index (χ0v) is 23.9. The number of ether oxygens (including phenoxy) is 4. The van der Waals surface area contributed by atoms with Crippen LogP contribution < -0.4 is 14.2 Å². The highest BCUT2D eigenvalue weighted by Crippen LogP contribution is 2.49. The Labute approximate surface area is 231 Å². The first-order valence-electron chi connectivity index (χ1n) is 13.7. The highest BCUT2D eigenvalue weighted by molar-refractivity contribution is 6.09. The fraction of sp³-hybridized carbons (Fsp3) is 0.469. The molecule has 0 saturated carbocycles. The molecule has 1 heterocycles. The standard InChI is InChI=1S/C32H39NO6/c1-8-19(4)39-32(35)29-20(5)33-24-15-22(21-13-14-27(36-6)28(17-21)37-7)16-25(34)31(24)30(29)23-11-9-10-12-26(23)38-18(2)3/h9-14,17-19,22,29-30H,8,15-16H2,1-7H3/t19-,22-,29?,30+/m1/s1. The lowest BCUT2D eigenvalue weighted by atomic mass is 9.69. The molecule has 0 spiro atoms. The Bertz CT molecular complexity index is 1290. The Morgan fingerprint density at radius 1 is 1.00 bits per heavy atom. The number of methoxy groups -OCH3 is 2. The number of esters is 1. The number of hydrogen-bond donors (Lipinski definition) is 0. The van der Waals surface area contributed by atoms with Crippen LogP contribution in [-0.2, 0) is 14.3 Å². The number of nitrogens with zero attached hydrogens (tertiary/aromatic N) is 1. The van der Waals surface area contributed by atoms with Crippen LogP contribution in [0.25, 0.3) is 0 Å². The highest BCUT2D eigenvalue weighted by Gasteiger charge is 2.46. The molecule has 0 amide bonds. The second-order valence-corrected chi connectivity index (χ2v) is 10.6. The topological polar surface area (TPSA) is 83.4 Å². The average molecular weight is 534 g/mol. The van der Waals surface area contributed by atoms with Crippen LogP contribution in [0.5, 0.6) is 17.2 Å². The Balaban J connectivity index is 1.81. The number of rotatable bonds is 9. The number of ketones is 1. The molecule has 208 valence electrons. The third-order valence-corrected chi connectivity index (χ3v) is 7.53. The van der Waals surface area contributed by atoms with Crippen LogP contribution in [-0.4, -0.2) is 43.9 Å². The molecule has 1 aliphatic heterocycles. The molecule has 39 heavy (non-hydrogen) atoms. The average Bonchev–Trinajstić information content (AvgIpc) is 2.91. The molecule has 7 nitrogen and oxygen atoms in total. The van der Waals surface area contributed by atoms with E-state index in [1.165, 1.54) is 0 Å². The van der Waals surface area contributed by atoms with Crippen molar-refractivity contribution < 1.29 is 28.5 Å². The second kappa shape index (κ2) is 12.1. The first kappa shape index (κ1) is 28.4. The summed E-state index contributed by atoms with van der Waals surface area (Å²) in [5, 5.41) is 0. The van der Waals surface area contributed by atoms with Crippen molar-refractivity contribution in [1.82, 2.24) is 0 Å². The van der Waals surface area contributed by atoms with Crippen LogP contribution >= 0.6 is 0 Å². The number of aliphatic imine (C=N–C) groups is 1. The van der Waals surface area contributed by atoms with Gasteiger partial charge < -0.3 is 18.9 Å². The molecule has 0 fully saturated rings. The number of para-hydroxylation sites is 1. The lowest BCUT2D eigenvalue weighted by Gasteiger charge is -2.37. The number of carbonyl (C=O) groups excluding carboxylic acids is 2. The molecule has 0 radical (unpaired) electrons. The summed E-state index contributed by atoms with van der Waals surface area (Å²) in [6, 6.07) is 13.4. The summed E-state index contributed by atoms with van der Waals surface area (Å²) in [7, 11) is 3.20. The zero-order valence-electron chi connectivity index (χ0n) is 23.9. The molecule has 7 heteroatoms. The minimum absolute atomic E-state index is 0.0158. The zero-order chi connectivity index (χ0) is 28.3. The normalized spacial score (nSPS) is 21.7. The van der Waals surface area contributed by atoms with E-state index < -0.39 is 11.8 Å². The van der Waals surface area contributed by atoms with Gasteiger partial charge in [0.15, 0.2) is 17.3 Å². The van der Waals surface area contributed by atoms with Crippen LogP contribution in [0.4, 0.5) is 0 Å². The van der Waals surface area contributed by atoms with Crippen molar-refractivity contribution in [3.05, 3.63) is 64.9 Å². The van der Waals surface area contributed by atoms with Gasteiger partial charge in [-0.3, -0.25) is 14.6 Å². The van der Waals surface area contributed by atoms with Gasteiger partial charge in [0.05, 0.1) is 26.4 Å². The Kier molecular flexibility index (Phi) is 8.78. The Morgan fingerprint density at radius 2 is 1.72 bits per heavy atom. The third kappa shape index (κ3) is 5.87. The molecule has 4 atom stereocenters. The number of Topliss-reactive ketones (excluding diaryl/α,β-unsaturated/α-hetero) is 1. The van der Waals surface area contributed by atoms with Gasteiger partial charge >= 0.3 is 5.97 Å². The quantitative estimate of drug-likeness (QED) is 0.347. The molecule has 2 aliphatic rings. The highest BCUT2D eigenvalue weighted by atomic mass is 16.5. The summed E-state index contributed by atoms with van der Waals surface area (Å²) >= 11 is 0. The van der Waals surface area contributed by atoms with Crippen molar-refractivity contribution in [2.24, 2.45) is 10.9 Å². The van der Waals surface area contributed by atoms with Gasteiger partial charge in [-0.25, -0.2) is 0 Å². The van der Waals surface area contributed by atoms with Gasteiger partial charge in [-0.15, -0.1) is 0 Å². The van der Waals surface area contributed by atoms with Crippen LogP contribution in [0.15, 0.2) is 58.7 Å². The van der Waals surface area contributed by atoms with Gasteiger partial charge in [-0.2, -0.15) is 0 Å². The minimum atomic E-state index is -0.712. The summed E-state index contributed by atoms with van der Waals surface area (Å²) in [5.41, 5.74) is 3.74. The van der Waals surface area contributed by atoms with Crippen molar-refractivity contribution in [1.29, 1.82) is 0 Å². The number of hydrogen-bond acceptors (Lipinski definition) is 7. The number of allylic oxidation sites excluding steroid dienone is 2. The maximum atomic E-state index is 14.0. The first-order chi connectivity index (χ1) is 18.7. The summed E-state index contributed by atoms with van der Waals surface area (Å²) in [5.74, 6) is 0.220. The molecule has 2 aromatic rings. The van der Waals surface area contributed by atoms with Gasteiger partial charge in [0, 0.05) is 34.9 Å². The van der Waals surface area contributed by atoms with E-state index in [1.54, 1.807) is 14.2 Å². The maximum Gasteiger partial charge on any atom is 0.315 e. The molecule has 0 saturated heterocycles. The molecular weight excluding hydrogens is 494 g/mol. The van der Waals surface area contributed by atoms with Gasteiger partial charge in [0.2, 0.25) is 0 Å². The predicted molar refractivity (Wildman–Crippen MR) is 151 cm³/mol. The van der Waals surface area contributed by atoms with Crippen molar-refractivity contribution >= 4 is 17.5 Å². The van der Waals surface area contributed by atoms with Crippen LogP contribution in [0.2, 0.25) is 0 Å². The SMILES string of the molecule is CC[C@@H](C)OC(=O)C1C(C)=NC2=C(C(=O)C[C@H](c3ccc(OC)c(OC)c3)C2)[C@H]1c1ccccc1OC(C)C. The smallest absolute Gasteiger partial charge is 0.315 e. The predicted octanol–water partition coefficient (Wildman–Crippen LogP) is 6.41. The lowest BCUT2D eigenvalue weighted by molar-refractivity contribution is -0.151. The summed E-state index contributed by atoms with van der Waals surface area (Å²) < 4.78 is 22.9. The minimum Gasteiger partial charge on any atom is -0.493 e. The van der Waals surface area contributed by atoms with E-state index in [9.17, 15) is 9.59 Å². The summed E-state index contributed by atoms with van der Waals surface area (Å²) in [6.45, 7) is 9.63. The Morgan fingerprint density at radius 3 is 2.38 bits per heavy atom. The molecule has 0 N–H and O–H groups in total. The van der Waals surface area contributed by atoms with Crippen molar-refractivity contribution in [2.45, 2.75) is 77.9 Å². The van der Waals surface area contributed by atoms with E-state index >= 15 is 0 Å². The summed E-state index contributed by atoms with van der Waals surface area (Å²) in [6.07, 6.45) is 1.27. The fourth-order valence-electron chi connectivity index (χ4n) is 5.50. The van der Waals surface area contributed by atoms with Gasteiger partial charge in [-0.05, 0) is 70.2 Å². The Hall–Kier alpha value is -3.61. The van der Waals surface area contributed by atoms with Crippen LogP contribution in [0.1, 0.15) is 76.8 Å². The maximum absolute atomic E-state index is 14.0. The van der Waals surface area contributed by atoms with Gasteiger partial charge in [-0.1, -0.05) is 31.2 Å². The molecule has 1 aliphatic carbocycles. The fourth-order valence-corrected chi connectivity index (χ4v) is 5.50. The molecule has 0 bridgehead atoms. The van der Waals surface area contributed by atoms with Crippen LogP contribution in [0, 0.1) is 5.92 Å².